The van der Waals surface area contributed by atoms with Crippen molar-refractivity contribution in [2.24, 2.45) is 4.99 Å². The van der Waals surface area contributed by atoms with Crippen molar-refractivity contribution < 1.29 is 22.8 Å². The van der Waals surface area contributed by atoms with Gasteiger partial charge in [-0.2, -0.15) is 13.2 Å². The fourth-order valence-corrected chi connectivity index (χ4v) is 5.31. The van der Waals surface area contributed by atoms with Crippen LogP contribution in [0, 0.1) is 0 Å². The highest BCUT2D eigenvalue weighted by molar-refractivity contribution is 6.38. The monoisotopic (exact) mass is 530 g/mol. The van der Waals surface area contributed by atoms with Crippen LogP contribution in [0.5, 0.6) is 0 Å². The number of nitrogens with one attached hydrogen (secondary N) is 1. The molecule has 0 aromatic heterocycles. The van der Waals surface area contributed by atoms with Gasteiger partial charge in [-0.1, -0.05) is 47.5 Å². The van der Waals surface area contributed by atoms with Crippen molar-refractivity contribution in [1.82, 2.24) is 4.90 Å². The van der Waals surface area contributed by atoms with Crippen LogP contribution in [0.1, 0.15) is 34.3 Å². The van der Waals surface area contributed by atoms with Crippen molar-refractivity contribution in [2.75, 3.05) is 16.8 Å². The van der Waals surface area contributed by atoms with E-state index in [0.29, 0.717) is 32.5 Å². The lowest BCUT2D eigenvalue weighted by Gasteiger charge is -2.41. The van der Waals surface area contributed by atoms with Crippen molar-refractivity contribution in [3.8, 4) is 0 Å². The molecule has 2 atom stereocenters. The molecule has 0 bridgehead atoms. The molecule has 0 saturated heterocycles. The van der Waals surface area contributed by atoms with Crippen LogP contribution in [-0.4, -0.2) is 29.2 Å². The van der Waals surface area contributed by atoms with E-state index in [1.165, 1.54) is 21.9 Å². The lowest BCUT2D eigenvalue weighted by molar-refractivity contribution is -0.137. The molecule has 0 radical (unpaired) electrons. The number of carbonyl (C=O) groups is 2. The third-order valence-corrected chi connectivity index (χ3v) is 7.03. The molecule has 0 spiro atoms. The van der Waals surface area contributed by atoms with Crippen LogP contribution in [0.3, 0.4) is 0 Å². The van der Waals surface area contributed by atoms with Gasteiger partial charge in [-0.05, 0) is 47.5 Å². The van der Waals surface area contributed by atoms with Crippen molar-refractivity contribution in [3.05, 3.63) is 93.0 Å². The summed E-state index contributed by atoms with van der Waals surface area (Å²) >= 11 is 12.6. The number of amidine groups is 1. The Hall–Kier alpha value is -3.56. The average Bonchev–Trinajstić information content (AvgIpc) is 3.24. The highest BCUT2D eigenvalue weighted by Crippen LogP contribution is 2.51. The largest absolute Gasteiger partial charge is 0.416 e. The maximum atomic E-state index is 13.8. The van der Waals surface area contributed by atoms with Gasteiger partial charge in [-0.15, -0.1) is 0 Å². The first kappa shape index (κ1) is 22.9. The minimum absolute atomic E-state index is 0.233. The summed E-state index contributed by atoms with van der Waals surface area (Å²) in [7, 11) is 0. The van der Waals surface area contributed by atoms with Gasteiger partial charge in [0.1, 0.15) is 18.4 Å². The van der Waals surface area contributed by atoms with Crippen LogP contribution in [0.4, 0.5) is 29.3 Å². The smallest absolute Gasteiger partial charge is 0.323 e. The first-order valence-electron chi connectivity index (χ1n) is 10.9. The third-order valence-electron chi connectivity index (χ3n) is 6.47. The number of alkyl halides is 3. The molecule has 3 aromatic rings. The van der Waals surface area contributed by atoms with Crippen LogP contribution in [0.15, 0.2) is 65.7 Å². The molecule has 3 aromatic carbocycles. The Bertz CT molecular complexity index is 1470. The predicted molar refractivity (Wildman–Crippen MR) is 130 cm³/mol. The number of amides is 3. The van der Waals surface area contributed by atoms with Crippen molar-refractivity contribution in [2.45, 2.75) is 18.3 Å². The molecule has 3 amide bonds. The van der Waals surface area contributed by atoms with Crippen LogP contribution in [-0.2, 0) is 11.0 Å². The number of carbonyl (C=O) groups excluding carboxylic acids is 2. The lowest BCUT2D eigenvalue weighted by atomic mass is 9.92. The van der Waals surface area contributed by atoms with E-state index in [4.69, 9.17) is 28.2 Å². The van der Waals surface area contributed by atoms with Gasteiger partial charge in [-0.25, -0.2) is 4.79 Å². The number of aliphatic imine (C=N–C) groups is 1. The summed E-state index contributed by atoms with van der Waals surface area (Å²) in [5.74, 6) is -0.162. The summed E-state index contributed by atoms with van der Waals surface area (Å²) in [5.41, 5.74) is 1.32. The maximum absolute atomic E-state index is 13.8. The van der Waals surface area contributed by atoms with Gasteiger partial charge in [0.15, 0.2) is 0 Å². The number of anilines is 2. The first-order chi connectivity index (χ1) is 17.1. The van der Waals surface area contributed by atoms with Gasteiger partial charge in [0.25, 0.3) is 0 Å². The molecule has 36 heavy (non-hydrogen) atoms. The van der Waals surface area contributed by atoms with E-state index in [1.807, 2.05) is 0 Å². The number of rotatable bonds is 2. The van der Waals surface area contributed by atoms with Gasteiger partial charge in [-0.3, -0.25) is 19.6 Å². The van der Waals surface area contributed by atoms with Crippen LogP contribution in [0.2, 0.25) is 10.0 Å². The van der Waals surface area contributed by atoms with E-state index in [2.05, 4.69) is 5.32 Å². The van der Waals surface area contributed by atoms with Gasteiger partial charge >= 0.3 is 12.2 Å². The Kier molecular flexibility index (Phi) is 5.07. The van der Waals surface area contributed by atoms with Crippen LogP contribution in [0.25, 0.3) is 0 Å². The van der Waals surface area contributed by atoms with E-state index < -0.39 is 35.8 Å². The van der Waals surface area contributed by atoms with Crippen molar-refractivity contribution in [3.63, 3.8) is 0 Å². The van der Waals surface area contributed by atoms with Crippen LogP contribution < -0.4 is 10.2 Å². The summed E-state index contributed by atoms with van der Waals surface area (Å²) in [6.45, 7) is -0.260. The Morgan fingerprint density at radius 3 is 2.44 bits per heavy atom. The quantitative estimate of drug-likeness (QED) is 0.413. The summed E-state index contributed by atoms with van der Waals surface area (Å²) in [6.07, 6.45) is -4.57. The second-order valence-electron chi connectivity index (χ2n) is 8.62. The van der Waals surface area contributed by atoms with E-state index in [1.54, 1.807) is 36.4 Å². The molecule has 6 rings (SSSR count). The highest BCUT2D eigenvalue weighted by atomic mass is 35.5. The SMILES string of the molecule is O=C1CN2C(=O)N3C(=NC(c4ccc(Cl)cc4)C3c3cccc(C(F)(F)F)c3)c3c(Cl)ccc(c32)N1. The summed E-state index contributed by atoms with van der Waals surface area (Å²) in [4.78, 5) is 33.7. The second kappa shape index (κ2) is 7.97. The van der Waals surface area contributed by atoms with Gasteiger partial charge in [0.05, 0.1) is 33.6 Å². The zero-order valence-electron chi connectivity index (χ0n) is 18.2. The van der Waals surface area contributed by atoms with E-state index >= 15 is 0 Å². The minimum atomic E-state index is -4.57. The zero-order valence-corrected chi connectivity index (χ0v) is 19.7. The second-order valence-corrected chi connectivity index (χ2v) is 9.47. The number of urea groups is 1. The fourth-order valence-electron chi connectivity index (χ4n) is 4.95. The lowest BCUT2D eigenvalue weighted by Crippen LogP contribution is -2.55. The summed E-state index contributed by atoms with van der Waals surface area (Å²) in [6, 6.07) is 12.5. The van der Waals surface area contributed by atoms with Crippen molar-refractivity contribution >= 4 is 52.4 Å². The molecule has 182 valence electrons. The molecular formula is C25H15Cl2F3N4O2. The Labute approximate surface area is 212 Å². The normalized spacial score (nSPS) is 20.6. The molecular weight excluding hydrogens is 516 g/mol. The number of nitrogens with zero attached hydrogens (tertiary/aromatic N) is 3. The zero-order chi connectivity index (χ0) is 25.4. The van der Waals surface area contributed by atoms with E-state index in [0.717, 1.165) is 12.1 Å². The average molecular weight is 531 g/mol. The number of hydrogen-bond donors (Lipinski definition) is 1. The highest BCUT2D eigenvalue weighted by Gasteiger charge is 2.50. The molecule has 0 fully saturated rings. The van der Waals surface area contributed by atoms with Crippen molar-refractivity contribution in [1.29, 1.82) is 0 Å². The Morgan fingerprint density at radius 1 is 0.972 bits per heavy atom. The first-order valence-corrected chi connectivity index (χ1v) is 11.6. The van der Waals surface area contributed by atoms with Crippen LogP contribution >= 0.6 is 23.2 Å². The van der Waals surface area contributed by atoms with Gasteiger partial charge in [0.2, 0.25) is 5.91 Å². The maximum Gasteiger partial charge on any atom is 0.416 e. The molecule has 3 aliphatic rings. The van der Waals surface area contributed by atoms with E-state index in [9.17, 15) is 22.8 Å². The Balaban J connectivity index is 1.59. The molecule has 11 heteroatoms. The minimum Gasteiger partial charge on any atom is -0.323 e. The molecule has 0 aliphatic carbocycles. The van der Waals surface area contributed by atoms with Gasteiger partial charge in [0, 0.05) is 5.02 Å². The number of fused-ring (bicyclic) bond motifs is 2. The summed E-state index contributed by atoms with van der Waals surface area (Å²) in [5, 5.41) is 3.52. The fraction of sp³-hybridized carbons (Fsp3) is 0.160. The molecule has 0 saturated carbocycles. The number of benzene rings is 3. The molecule has 2 unspecified atom stereocenters. The third kappa shape index (κ3) is 3.45. The molecule has 3 heterocycles. The standard InChI is InChI=1S/C25H15Cl2F3N4O2/c26-15-6-4-12(5-7-15)20-21(13-2-1-3-14(10-13)25(28,29)30)34-23(32-20)19-16(27)8-9-17-22(19)33(24(34)36)11-18(35)31-17/h1-10,20-21H,11H2,(H,31,35). The topological polar surface area (TPSA) is 65.0 Å². The number of hydrogen-bond acceptors (Lipinski definition) is 3. The predicted octanol–water partition coefficient (Wildman–Crippen LogP) is 6.45. The number of halogens is 5. The summed E-state index contributed by atoms with van der Waals surface area (Å²) < 4.78 is 40.8. The molecule has 3 aliphatic heterocycles. The molecule has 6 nitrogen and oxygen atoms in total. The van der Waals surface area contributed by atoms with E-state index in [-0.39, 0.29) is 17.9 Å². The Morgan fingerprint density at radius 2 is 1.72 bits per heavy atom. The van der Waals surface area contributed by atoms with Gasteiger partial charge < -0.3 is 5.32 Å². The molecule has 1 N–H and O–H groups in total.